The van der Waals surface area contributed by atoms with Crippen LogP contribution in [0.1, 0.15) is 18.4 Å². The second-order valence-electron chi connectivity index (χ2n) is 7.25. The summed E-state index contributed by atoms with van der Waals surface area (Å²) in [7, 11) is 0. The van der Waals surface area contributed by atoms with Crippen molar-refractivity contribution in [3.63, 3.8) is 0 Å². The number of nitrogens with one attached hydrogen (secondary N) is 1. The van der Waals surface area contributed by atoms with Crippen LogP contribution in [0.15, 0.2) is 48.8 Å². The summed E-state index contributed by atoms with van der Waals surface area (Å²) >= 11 is 0. The summed E-state index contributed by atoms with van der Waals surface area (Å²) in [5, 5.41) is 6.84. The highest BCUT2D eigenvalue weighted by Gasteiger charge is 2.24. The summed E-state index contributed by atoms with van der Waals surface area (Å²) < 4.78 is 42.3. The minimum atomic E-state index is -0.518. The van der Waals surface area contributed by atoms with Crippen LogP contribution in [0.2, 0.25) is 0 Å². The van der Waals surface area contributed by atoms with Crippen molar-refractivity contribution in [2.45, 2.75) is 19.3 Å². The number of halogens is 3. The molecule has 1 saturated heterocycles. The molecule has 4 rings (SSSR count). The van der Waals surface area contributed by atoms with Gasteiger partial charge >= 0.3 is 6.03 Å². The molecule has 1 aliphatic rings. The molecule has 2 amide bonds. The van der Waals surface area contributed by atoms with Crippen molar-refractivity contribution < 1.29 is 18.0 Å². The van der Waals surface area contributed by atoms with Crippen molar-refractivity contribution in [2.24, 2.45) is 5.92 Å². The van der Waals surface area contributed by atoms with E-state index in [0.29, 0.717) is 37.9 Å². The number of rotatable bonds is 4. The molecule has 0 aliphatic carbocycles. The highest BCUT2D eigenvalue weighted by molar-refractivity contribution is 5.88. The highest BCUT2D eigenvalue weighted by atomic mass is 19.1. The van der Waals surface area contributed by atoms with E-state index in [4.69, 9.17) is 0 Å². The van der Waals surface area contributed by atoms with Gasteiger partial charge in [-0.05, 0) is 61.1 Å². The van der Waals surface area contributed by atoms with Gasteiger partial charge in [0.15, 0.2) is 17.5 Å². The van der Waals surface area contributed by atoms with Gasteiger partial charge in [0.2, 0.25) is 0 Å². The van der Waals surface area contributed by atoms with Crippen LogP contribution in [0, 0.1) is 23.4 Å². The van der Waals surface area contributed by atoms with E-state index in [1.54, 1.807) is 11.0 Å². The Balaban J connectivity index is 1.32. The Morgan fingerprint density at radius 3 is 2.67 bits per heavy atom. The minimum Gasteiger partial charge on any atom is -0.324 e. The van der Waals surface area contributed by atoms with E-state index < -0.39 is 17.5 Å². The standard InChI is InChI=1S/C21H20F3N5O/c22-16-3-4-17(23)15(13-16)12-14-5-9-28(10-6-14)21(30)26-19-7-11-29(27-19)20-18(24)2-1-8-25-20/h1-4,7-8,11,13-14H,5-6,9-10,12H2,(H,26,27,30). The number of hydrogen-bond donors (Lipinski definition) is 1. The maximum absolute atomic E-state index is 13.8. The number of piperidine rings is 1. The lowest BCUT2D eigenvalue weighted by Crippen LogP contribution is -2.41. The number of pyridine rings is 1. The van der Waals surface area contributed by atoms with Gasteiger partial charge in [-0.3, -0.25) is 5.32 Å². The van der Waals surface area contributed by atoms with Crippen LogP contribution in [-0.4, -0.2) is 38.8 Å². The van der Waals surface area contributed by atoms with E-state index in [2.05, 4.69) is 15.4 Å². The largest absolute Gasteiger partial charge is 0.324 e. The van der Waals surface area contributed by atoms with Crippen LogP contribution < -0.4 is 5.32 Å². The lowest BCUT2D eigenvalue weighted by atomic mass is 9.90. The molecule has 1 N–H and O–H groups in total. The predicted molar refractivity (Wildman–Crippen MR) is 105 cm³/mol. The molecule has 3 aromatic rings. The van der Waals surface area contributed by atoms with Crippen LogP contribution in [0.5, 0.6) is 0 Å². The van der Waals surface area contributed by atoms with Crippen LogP contribution in [-0.2, 0) is 6.42 Å². The van der Waals surface area contributed by atoms with Gasteiger partial charge in [0, 0.05) is 31.5 Å². The summed E-state index contributed by atoms with van der Waals surface area (Å²) in [6, 6.07) is 7.50. The van der Waals surface area contributed by atoms with Crippen LogP contribution in [0.25, 0.3) is 5.82 Å². The summed E-state index contributed by atoms with van der Waals surface area (Å²) in [6.07, 6.45) is 4.80. The molecule has 9 heteroatoms. The van der Waals surface area contributed by atoms with Gasteiger partial charge in [-0.1, -0.05) is 0 Å². The third kappa shape index (κ3) is 4.45. The number of carbonyl (C=O) groups is 1. The van der Waals surface area contributed by atoms with Crippen molar-refractivity contribution in [3.05, 3.63) is 71.8 Å². The SMILES string of the molecule is O=C(Nc1ccn(-c2ncccc2F)n1)N1CCC(Cc2cc(F)ccc2F)CC1. The van der Waals surface area contributed by atoms with Crippen molar-refractivity contribution in [1.82, 2.24) is 19.7 Å². The molecule has 2 aromatic heterocycles. The van der Waals surface area contributed by atoms with Gasteiger partial charge in [-0.15, -0.1) is 5.10 Å². The molecule has 6 nitrogen and oxygen atoms in total. The summed E-state index contributed by atoms with van der Waals surface area (Å²) in [5.41, 5.74) is 0.366. The van der Waals surface area contributed by atoms with E-state index in [0.717, 1.165) is 12.1 Å². The molecule has 156 valence electrons. The van der Waals surface area contributed by atoms with Gasteiger partial charge in [0.05, 0.1) is 0 Å². The molecule has 0 spiro atoms. The summed E-state index contributed by atoms with van der Waals surface area (Å²) in [4.78, 5) is 18.1. The maximum atomic E-state index is 13.8. The molecule has 0 saturated carbocycles. The predicted octanol–water partition coefficient (Wildman–Crippen LogP) is 4.17. The number of aromatic nitrogens is 3. The summed E-state index contributed by atoms with van der Waals surface area (Å²) in [5.74, 6) is -0.867. The number of urea groups is 1. The Bertz CT molecular complexity index is 1050. The fourth-order valence-corrected chi connectivity index (χ4v) is 3.59. The number of amides is 2. The summed E-state index contributed by atoms with van der Waals surface area (Å²) in [6.45, 7) is 1.01. The van der Waals surface area contributed by atoms with Gasteiger partial charge in [-0.25, -0.2) is 27.6 Å². The topological polar surface area (TPSA) is 63.1 Å². The third-order valence-electron chi connectivity index (χ3n) is 5.20. The number of nitrogens with zero attached hydrogens (tertiary/aromatic N) is 4. The average Bonchev–Trinajstić information content (AvgIpc) is 3.20. The zero-order valence-electron chi connectivity index (χ0n) is 16.1. The zero-order valence-corrected chi connectivity index (χ0v) is 16.1. The Hall–Kier alpha value is -3.36. The van der Waals surface area contributed by atoms with E-state index in [9.17, 15) is 18.0 Å². The fraction of sp³-hybridized carbons (Fsp3) is 0.286. The second kappa shape index (κ2) is 8.56. The number of hydrogen-bond acceptors (Lipinski definition) is 3. The Morgan fingerprint density at radius 1 is 1.10 bits per heavy atom. The Morgan fingerprint density at radius 2 is 1.90 bits per heavy atom. The van der Waals surface area contributed by atoms with E-state index in [1.165, 1.54) is 35.3 Å². The number of carbonyl (C=O) groups excluding carboxylic acids is 1. The van der Waals surface area contributed by atoms with Gasteiger partial charge in [0.25, 0.3) is 0 Å². The first-order valence-corrected chi connectivity index (χ1v) is 9.66. The normalized spacial score (nSPS) is 14.7. The van der Waals surface area contributed by atoms with E-state index in [-0.39, 0.29) is 23.6 Å². The quantitative estimate of drug-likeness (QED) is 0.696. The fourth-order valence-electron chi connectivity index (χ4n) is 3.59. The molecule has 0 atom stereocenters. The van der Waals surface area contributed by atoms with Gasteiger partial charge in [0.1, 0.15) is 11.6 Å². The van der Waals surface area contributed by atoms with Gasteiger partial charge < -0.3 is 4.90 Å². The number of likely N-dealkylation sites (tertiary alicyclic amines) is 1. The first-order valence-electron chi connectivity index (χ1n) is 9.66. The van der Waals surface area contributed by atoms with Gasteiger partial charge in [-0.2, -0.15) is 0 Å². The maximum Gasteiger partial charge on any atom is 0.323 e. The van der Waals surface area contributed by atoms with E-state index >= 15 is 0 Å². The van der Waals surface area contributed by atoms with Crippen molar-refractivity contribution in [3.8, 4) is 5.82 Å². The Kier molecular flexibility index (Phi) is 5.69. The molecule has 1 fully saturated rings. The lowest BCUT2D eigenvalue weighted by Gasteiger charge is -2.32. The first kappa shape index (κ1) is 19.9. The van der Waals surface area contributed by atoms with Crippen molar-refractivity contribution >= 4 is 11.8 Å². The molecular weight excluding hydrogens is 395 g/mol. The number of benzene rings is 1. The zero-order chi connectivity index (χ0) is 21.1. The minimum absolute atomic E-state index is 0.0448. The third-order valence-corrected chi connectivity index (χ3v) is 5.20. The molecule has 3 heterocycles. The monoisotopic (exact) mass is 415 g/mol. The van der Waals surface area contributed by atoms with Crippen LogP contribution in [0.4, 0.5) is 23.8 Å². The smallest absolute Gasteiger partial charge is 0.323 e. The highest BCUT2D eigenvalue weighted by Crippen LogP contribution is 2.24. The number of anilines is 1. The molecule has 1 aliphatic heterocycles. The molecular formula is C21H20F3N5O. The molecule has 0 radical (unpaired) electrons. The average molecular weight is 415 g/mol. The van der Waals surface area contributed by atoms with Crippen LogP contribution >= 0.6 is 0 Å². The van der Waals surface area contributed by atoms with E-state index in [1.807, 2.05) is 0 Å². The second-order valence-corrected chi connectivity index (χ2v) is 7.25. The molecule has 0 unspecified atom stereocenters. The molecule has 30 heavy (non-hydrogen) atoms. The van der Waals surface area contributed by atoms with Crippen molar-refractivity contribution in [1.29, 1.82) is 0 Å². The van der Waals surface area contributed by atoms with Crippen molar-refractivity contribution in [2.75, 3.05) is 18.4 Å². The van der Waals surface area contributed by atoms with Crippen LogP contribution in [0.3, 0.4) is 0 Å². The molecule has 1 aromatic carbocycles. The molecule has 0 bridgehead atoms. The lowest BCUT2D eigenvalue weighted by molar-refractivity contribution is 0.182. The first-order chi connectivity index (χ1) is 14.5. The Labute approximate surface area is 171 Å².